The fourth-order valence-electron chi connectivity index (χ4n) is 3.95. The first kappa shape index (κ1) is 20.9. The topological polar surface area (TPSA) is 55.2 Å². The maximum Gasteiger partial charge on any atom is 0.262 e. The molecule has 0 N–H and O–H groups in total. The van der Waals surface area contributed by atoms with Gasteiger partial charge in [0.15, 0.2) is 5.16 Å². The van der Waals surface area contributed by atoms with E-state index in [-0.39, 0.29) is 29.2 Å². The van der Waals surface area contributed by atoms with Gasteiger partial charge in [0.25, 0.3) is 5.56 Å². The molecule has 0 radical (unpaired) electrons. The van der Waals surface area contributed by atoms with E-state index in [4.69, 9.17) is 11.6 Å². The lowest BCUT2D eigenvalue weighted by molar-refractivity contribution is -0.116. The minimum absolute atomic E-state index is 0.0222. The summed E-state index contributed by atoms with van der Waals surface area (Å²) in [6.07, 6.45) is 0.858. The van der Waals surface area contributed by atoms with Crippen molar-refractivity contribution >= 4 is 45.9 Å². The van der Waals surface area contributed by atoms with Crippen molar-refractivity contribution < 1.29 is 4.79 Å². The number of hydrogen-bond donors (Lipinski definition) is 0. The predicted octanol–water partition coefficient (Wildman–Crippen LogP) is 4.78. The second kappa shape index (κ2) is 8.44. The molecule has 1 unspecified atom stereocenters. The van der Waals surface area contributed by atoms with Crippen molar-refractivity contribution in [2.45, 2.75) is 44.9 Å². The highest BCUT2D eigenvalue weighted by Crippen LogP contribution is 2.33. The normalized spacial score (nSPS) is 15.8. The Hall–Kier alpha value is -2.31. The summed E-state index contributed by atoms with van der Waals surface area (Å²) < 4.78 is 1.68. The number of carbonyl (C=O) groups excluding carboxylic acids is 1. The molecule has 0 aliphatic carbocycles. The predicted molar refractivity (Wildman–Crippen MR) is 124 cm³/mol. The second-order valence-electron chi connectivity index (χ2n) is 8.10. The average molecular weight is 442 g/mol. The van der Waals surface area contributed by atoms with E-state index in [1.54, 1.807) is 22.8 Å². The minimum atomic E-state index is -0.0970. The SMILES string of the molecule is CC(C)Cn1c(SCC(=O)N2c3ccccc3CC2C)nc2cc(Cl)ccc2c1=O. The number of rotatable bonds is 5. The highest BCUT2D eigenvalue weighted by Gasteiger charge is 2.30. The summed E-state index contributed by atoms with van der Waals surface area (Å²) in [6.45, 7) is 6.72. The zero-order valence-corrected chi connectivity index (χ0v) is 18.8. The molecule has 0 saturated carbocycles. The molecule has 156 valence electrons. The van der Waals surface area contributed by atoms with Gasteiger partial charge in [0.2, 0.25) is 5.91 Å². The first-order chi connectivity index (χ1) is 14.3. The highest BCUT2D eigenvalue weighted by molar-refractivity contribution is 7.99. The van der Waals surface area contributed by atoms with Gasteiger partial charge in [-0.05, 0) is 49.1 Å². The zero-order valence-electron chi connectivity index (χ0n) is 17.3. The summed E-state index contributed by atoms with van der Waals surface area (Å²) >= 11 is 7.42. The van der Waals surface area contributed by atoms with Gasteiger partial charge < -0.3 is 4.90 Å². The van der Waals surface area contributed by atoms with Crippen molar-refractivity contribution in [2.24, 2.45) is 5.92 Å². The molecule has 5 nitrogen and oxygen atoms in total. The van der Waals surface area contributed by atoms with Gasteiger partial charge in [0, 0.05) is 23.3 Å². The third-order valence-electron chi connectivity index (χ3n) is 5.23. The smallest absolute Gasteiger partial charge is 0.262 e. The third kappa shape index (κ3) is 3.98. The highest BCUT2D eigenvalue weighted by atomic mass is 35.5. The lowest BCUT2D eigenvalue weighted by atomic mass is 10.1. The van der Waals surface area contributed by atoms with E-state index in [9.17, 15) is 9.59 Å². The van der Waals surface area contributed by atoms with Crippen LogP contribution in [0.25, 0.3) is 10.9 Å². The molecule has 1 aromatic heterocycles. The molecule has 2 heterocycles. The van der Waals surface area contributed by atoms with Gasteiger partial charge in [-0.2, -0.15) is 0 Å². The standard InChI is InChI=1S/C23H24ClN3O2S/c1-14(2)12-26-22(29)18-9-8-17(24)11-19(18)25-23(26)30-13-21(28)27-15(3)10-16-6-4-5-7-20(16)27/h4-9,11,14-15H,10,12-13H2,1-3H3. The zero-order chi connectivity index (χ0) is 21.4. The molecule has 0 bridgehead atoms. The van der Waals surface area contributed by atoms with Crippen LogP contribution in [0.15, 0.2) is 52.4 Å². The molecule has 2 aromatic carbocycles. The first-order valence-electron chi connectivity index (χ1n) is 10.1. The molecule has 1 aliphatic heterocycles. The van der Waals surface area contributed by atoms with Crippen LogP contribution in [0.1, 0.15) is 26.3 Å². The summed E-state index contributed by atoms with van der Waals surface area (Å²) in [5.41, 5.74) is 2.63. The number of anilines is 1. The van der Waals surface area contributed by atoms with Crippen LogP contribution < -0.4 is 10.5 Å². The van der Waals surface area contributed by atoms with Crippen LogP contribution in [-0.4, -0.2) is 27.3 Å². The molecule has 0 spiro atoms. The summed E-state index contributed by atoms with van der Waals surface area (Å²) in [6, 6.07) is 13.3. The Morgan fingerprint density at radius 2 is 2.03 bits per heavy atom. The van der Waals surface area contributed by atoms with Gasteiger partial charge in [0.1, 0.15) is 0 Å². The van der Waals surface area contributed by atoms with Gasteiger partial charge in [-0.15, -0.1) is 0 Å². The molecule has 3 aromatic rings. The molecule has 1 amide bonds. The molecule has 30 heavy (non-hydrogen) atoms. The van der Waals surface area contributed by atoms with E-state index >= 15 is 0 Å². The Bertz CT molecular complexity index is 1170. The Labute approximate surface area is 185 Å². The summed E-state index contributed by atoms with van der Waals surface area (Å²) in [5, 5.41) is 1.63. The van der Waals surface area contributed by atoms with Crippen LogP contribution in [0.3, 0.4) is 0 Å². The fourth-order valence-corrected chi connectivity index (χ4v) is 4.99. The number of halogens is 1. The van der Waals surface area contributed by atoms with Crippen molar-refractivity contribution in [2.75, 3.05) is 10.7 Å². The molecule has 4 rings (SSSR count). The summed E-state index contributed by atoms with van der Waals surface area (Å²) in [4.78, 5) is 32.7. The van der Waals surface area contributed by atoms with Gasteiger partial charge in [-0.3, -0.25) is 14.2 Å². The minimum Gasteiger partial charge on any atom is -0.308 e. The molecule has 0 fully saturated rings. The Balaban J connectivity index is 1.65. The second-order valence-corrected chi connectivity index (χ2v) is 9.48. The lowest BCUT2D eigenvalue weighted by Crippen LogP contribution is -2.37. The van der Waals surface area contributed by atoms with Gasteiger partial charge in [-0.1, -0.05) is 55.4 Å². The Morgan fingerprint density at radius 1 is 1.27 bits per heavy atom. The van der Waals surface area contributed by atoms with E-state index in [2.05, 4.69) is 31.8 Å². The number of para-hydroxylation sites is 1. The van der Waals surface area contributed by atoms with E-state index in [1.165, 1.54) is 17.3 Å². The van der Waals surface area contributed by atoms with Crippen LogP contribution >= 0.6 is 23.4 Å². The van der Waals surface area contributed by atoms with Crippen molar-refractivity contribution in [1.82, 2.24) is 9.55 Å². The molecular formula is C23H24ClN3O2S. The van der Waals surface area contributed by atoms with Crippen molar-refractivity contribution in [3.63, 3.8) is 0 Å². The van der Waals surface area contributed by atoms with Crippen LogP contribution in [0.2, 0.25) is 5.02 Å². The molecule has 0 saturated heterocycles. The number of fused-ring (bicyclic) bond motifs is 2. The largest absolute Gasteiger partial charge is 0.308 e. The summed E-state index contributed by atoms with van der Waals surface area (Å²) in [7, 11) is 0. The number of carbonyl (C=O) groups is 1. The van der Waals surface area contributed by atoms with Crippen molar-refractivity contribution in [1.29, 1.82) is 0 Å². The maximum atomic E-state index is 13.1. The van der Waals surface area contributed by atoms with Crippen molar-refractivity contribution in [3.05, 3.63) is 63.4 Å². The number of thioether (sulfide) groups is 1. The molecule has 1 atom stereocenters. The average Bonchev–Trinajstić information content (AvgIpc) is 3.04. The molecule has 7 heteroatoms. The van der Waals surface area contributed by atoms with Gasteiger partial charge in [-0.25, -0.2) is 4.98 Å². The lowest BCUT2D eigenvalue weighted by Gasteiger charge is -2.23. The van der Waals surface area contributed by atoms with E-state index in [1.807, 2.05) is 23.1 Å². The van der Waals surface area contributed by atoms with Crippen LogP contribution in [-0.2, 0) is 17.8 Å². The van der Waals surface area contributed by atoms with E-state index in [0.29, 0.717) is 27.6 Å². The van der Waals surface area contributed by atoms with Crippen LogP contribution in [0.5, 0.6) is 0 Å². The Morgan fingerprint density at radius 3 is 2.80 bits per heavy atom. The van der Waals surface area contributed by atoms with E-state index < -0.39 is 0 Å². The first-order valence-corrected chi connectivity index (χ1v) is 11.4. The van der Waals surface area contributed by atoms with Gasteiger partial charge in [0.05, 0.1) is 16.7 Å². The number of amides is 1. The quantitative estimate of drug-likeness (QED) is 0.422. The number of hydrogen-bond acceptors (Lipinski definition) is 4. The van der Waals surface area contributed by atoms with Crippen LogP contribution in [0, 0.1) is 5.92 Å². The fraction of sp³-hybridized carbons (Fsp3) is 0.348. The van der Waals surface area contributed by atoms with Crippen LogP contribution in [0.4, 0.5) is 5.69 Å². The summed E-state index contributed by atoms with van der Waals surface area (Å²) in [5.74, 6) is 0.513. The molecular weight excluding hydrogens is 418 g/mol. The third-order valence-corrected chi connectivity index (χ3v) is 6.43. The number of benzene rings is 2. The maximum absolute atomic E-state index is 13.1. The van der Waals surface area contributed by atoms with Gasteiger partial charge >= 0.3 is 0 Å². The number of aromatic nitrogens is 2. The Kier molecular flexibility index (Phi) is 5.89. The molecule has 1 aliphatic rings. The van der Waals surface area contributed by atoms with Crippen molar-refractivity contribution in [3.8, 4) is 0 Å². The van der Waals surface area contributed by atoms with E-state index in [0.717, 1.165) is 12.1 Å². The number of nitrogens with zero attached hydrogens (tertiary/aromatic N) is 3. The monoisotopic (exact) mass is 441 g/mol.